The first kappa shape index (κ1) is 8.20. The lowest BCUT2D eigenvalue weighted by molar-refractivity contribution is 0.110. The molecule has 0 aliphatic carbocycles. The van der Waals surface area contributed by atoms with Crippen LogP contribution < -0.4 is 0 Å². The molecule has 0 aliphatic heterocycles. The first-order valence-electron chi connectivity index (χ1n) is 2.65. The number of benzene rings is 1. The van der Waals surface area contributed by atoms with Crippen LogP contribution >= 0.6 is 38.5 Å². The van der Waals surface area contributed by atoms with E-state index in [4.69, 9.17) is 0 Å². The van der Waals surface area contributed by atoms with E-state index in [1.54, 1.807) is 34.7 Å². The fraction of sp³-hybridized carbons (Fsp3) is 0. The summed E-state index contributed by atoms with van der Waals surface area (Å²) in [4.78, 5) is 10.8. The summed E-state index contributed by atoms with van der Waals surface area (Å²) in [5.41, 5.74) is 0.731. The monoisotopic (exact) mass is 310 g/mol. The molecular weight excluding hydrogens is 307 g/mol. The van der Waals surface area contributed by atoms with Gasteiger partial charge in [-0.25, -0.2) is 0 Å². The van der Waals surface area contributed by atoms with Gasteiger partial charge in [-0.15, -0.1) is 0 Å². The number of halogens is 2. The third-order valence-corrected chi connectivity index (χ3v) is 2.17. The molecule has 0 fully saturated rings. The van der Waals surface area contributed by atoms with E-state index in [1.165, 1.54) is 0 Å². The third-order valence-electron chi connectivity index (χ3n) is 1.05. The van der Waals surface area contributed by atoms with Crippen LogP contribution in [-0.2, 0) is 0 Å². The van der Waals surface area contributed by atoms with E-state index in [0.29, 0.717) is 0 Å². The molecule has 0 bridgehead atoms. The Hall–Kier alpha value is 0.1000. The number of rotatable bonds is 1. The predicted octanol–water partition coefficient (Wildman–Crippen LogP) is 3.02. The van der Waals surface area contributed by atoms with E-state index < -0.39 is 0 Å². The van der Waals surface area contributed by atoms with Gasteiger partial charge in [0.1, 0.15) is 0 Å². The minimum Gasteiger partial charge on any atom is -0.282 e. The molecule has 0 atom stereocenters. The van der Waals surface area contributed by atoms with E-state index in [1.807, 2.05) is 12.1 Å². The largest absolute Gasteiger partial charge is 0.282 e. The van der Waals surface area contributed by atoms with Crippen molar-refractivity contribution in [2.75, 3.05) is 0 Å². The van der Waals surface area contributed by atoms with Crippen LogP contribution in [0.3, 0.4) is 0 Å². The molecule has 10 heavy (non-hydrogen) atoms. The Balaban J connectivity index is 3.07. The van der Waals surface area contributed by atoms with Gasteiger partial charge in [0.15, 0.2) is 0 Å². The lowest BCUT2D eigenvalue weighted by Gasteiger charge is -1.92. The van der Waals surface area contributed by atoms with Crippen molar-refractivity contribution in [3.8, 4) is 0 Å². The van der Waals surface area contributed by atoms with Gasteiger partial charge in [0.05, 0.1) is 0 Å². The molecule has 0 saturated carbocycles. The predicted molar refractivity (Wildman–Crippen MR) is 52.5 cm³/mol. The molecule has 0 radical (unpaired) electrons. The zero-order chi connectivity index (χ0) is 7.56. The topological polar surface area (TPSA) is 17.1 Å². The highest BCUT2D eigenvalue weighted by molar-refractivity contribution is 14.1. The number of hydrogen-bond donors (Lipinski definition) is 0. The normalized spacial score (nSPS) is 9.40. The summed E-state index contributed by atoms with van der Waals surface area (Å²) >= 11 is 5.04. The van der Waals surface area contributed by atoms with Crippen LogP contribution in [0.4, 0.5) is 0 Å². The van der Waals surface area contributed by atoms with Gasteiger partial charge in [0.2, 0.25) is 3.79 Å². The number of hydrogen-bond acceptors (Lipinski definition) is 1. The molecule has 52 valence electrons. The van der Waals surface area contributed by atoms with Crippen molar-refractivity contribution < 1.29 is 4.79 Å². The van der Waals surface area contributed by atoms with E-state index >= 15 is 0 Å². The minimum atomic E-state index is 0.0684. The van der Waals surface area contributed by atoms with Gasteiger partial charge in [0.25, 0.3) is 0 Å². The summed E-state index contributed by atoms with van der Waals surface area (Å²) in [5.74, 6) is 0. The molecule has 0 spiro atoms. The van der Waals surface area contributed by atoms with Crippen LogP contribution in [0.1, 0.15) is 10.4 Å². The zero-order valence-electron chi connectivity index (χ0n) is 4.97. The van der Waals surface area contributed by atoms with E-state index in [9.17, 15) is 4.79 Å². The Morgan fingerprint density at radius 3 is 2.60 bits per heavy atom. The molecule has 0 heterocycles. The number of carbonyl (C=O) groups excluding carboxylic acids is 1. The van der Waals surface area contributed by atoms with Crippen molar-refractivity contribution in [1.29, 1.82) is 0 Å². The first-order chi connectivity index (χ1) is 4.70. The van der Waals surface area contributed by atoms with Crippen LogP contribution in [0.5, 0.6) is 0 Å². The Labute approximate surface area is 81.1 Å². The highest BCUT2D eigenvalue weighted by Crippen LogP contribution is 2.13. The van der Waals surface area contributed by atoms with Gasteiger partial charge in [-0.1, -0.05) is 28.1 Å². The fourth-order valence-electron chi connectivity index (χ4n) is 0.611. The SMILES string of the molecule is O=C(I)c1cccc(Br)c1. The van der Waals surface area contributed by atoms with Gasteiger partial charge in [-0.3, -0.25) is 4.79 Å². The third kappa shape index (κ3) is 2.05. The van der Waals surface area contributed by atoms with Crippen molar-refractivity contribution in [1.82, 2.24) is 0 Å². The van der Waals surface area contributed by atoms with Crippen LogP contribution in [0, 0.1) is 0 Å². The maximum atomic E-state index is 10.8. The van der Waals surface area contributed by atoms with Crippen molar-refractivity contribution in [2.45, 2.75) is 0 Å². The van der Waals surface area contributed by atoms with E-state index in [2.05, 4.69) is 15.9 Å². The van der Waals surface area contributed by atoms with Gasteiger partial charge in [-0.2, -0.15) is 0 Å². The summed E-state index contributed by atoms with van der Waals surface area (Å²) in [7, 11) is 0. The second kappa shape index (κ2) is 3.48. The average molecular weight is 311 g/mol. The first-order valence-corrected chi connectivity index (χ1v) is 4.53. The van der Waals surface area contributed by atoms with Crippen molar-refractivity contribution in [3.63, 3.8) is 0 Å². The molecule has 0 amide bonds. The molecule has 0 aliphatic rings. The second-order valence-electron chi connectivity index (χ2n) is 1.78. The molecular formula is C7H4BrIO. The van der Waals surface area contributed by atoms with Crippen molar-refractivity contribution >= 4 is 42.3 Å². The zero-order valence-corrected chi connectivity index (χ0v) is 8.72. The quantitative estimate of drug-likeness (QED) is 0.575. The molecule has 0 unspecified atom stereocenters. The summed E-state index contributed by atoms with van der Waals surface area (Å²) in [5, 5.41) is 0. The minimum absolute atomic E-state index is 0.0684. The van der Waals surface area contributed by atoms with Gasteiger partial charge in [0, 0.05) is 32.6 Å². The Morgan fingerprint density at radius 1 is 1.50 bits per heavy atom. The lowest BCUT2D eigenvalue weighted by atomic mass is 10.2. The Kier molecular flexibility index (Phi) is 2.85. The highest BCUT2D eigenvalue weighted by atomic mass is 127. The Morgan fingerprint density at radius 2 is 2.20 bits per heavy atom. The molecule has 1 aromatic rings. The van der Waals surface area contributed by atoms with Crippen LogP contribution in [-0.4, -0.2) is 3.79 Å². The molecule has 1 nitrogen and oxygen atoms in total. The summed E-state index contributed by atoms with van der Waals surface area (Å²) < 4.78 is 1.01. The molecule has 0 aromatic heterocycles. The van der Waals surface area contributed by atoms with Gasteiger partial charge >= 0.3 is 0 Å². The van der Waals surface area contributed by atoms with Crippen LogP contribution in [0.2, 0.25) is 0 Å². The van der Waals surface area contributed by atoms with Crippen molar-refractivity contribution in [2.24, 2.45) is 0 Å². The second-order valence-corrected chi connectivity index (χ2v) is 3.68. The summed E-state index contributed by atoms with van der Waals surface area (Å²) in [6.45, 7) is 0. The van der Waals surface area contributed by atoms with Gasteiger partial charge in [-0.05, 0) is 12.1 Å². The smallest absolute Gasteiger partial charge is 0.222 e. The van der Waals surface area contributed by atoms with E-state index in [-0.39, 0.29) is 3.79 Å². The molecule has 0 saturated heterocycles. The Bertz CT molecular complexity index is 260. The van der Waals surface area contributed by atoms with Crippen molar-refractivity contribution in [3.05, 3.63) is 34.3 Å². The maximum Gasteiger partial charge on any atom is 0.222 e. The molecule has 1 rings (SSSR count). The summed E-state index contributed by atoms with van der Waals surface area (Å²) in [6.07, 6.45) is 0. The molecule has 3 heteroatoms. The van der Waals surface area contributed by atoms with Gasteiger partial charge < -0.3 is 0 Å². The molecule has 1 aromatic carbocycles. The molecule has 0 N–H and O–H groups in total. The number of carbonyl (C=O) groups is 1. The van der Waals surface area contributed by atoms with Crippen LogP contribution in [0.15, 0.2) is 28.7 Å². The van der Waals surface area contributed by atoms with E-state index in [0.717, 1.165) is 10.0 Å². The van der Waals surface area contributed by atoms with Crippen LogP contribution in [0.25, 0.3) is 0 Å². The maximum absolute atomic E-state index is 10.8. The lowest BCUT2D eigenvalue weighted by Crippen LogP contribution is -1.85. The average Bonchev–Trinajstić information content (AvgIpc) is 1.88. The standard InChI is InChI=1S/C7H4BrIO/c8-6-3-1-2-5(4-6)7(9)10/h1-4H. The highest BCUT2D eigenvalue weighted by Gasteiger charge is 1.98. The summed E-state index contributed by atoms with van der Waals surface area (Å²) in [6, 6.07) is 7.33. The fourth-order valence-corrected chi connectivity index (χ4v) is 1.35.